The van der Waals surface area contributed by atoms with Gasteiger partial charge in [-0.1, -0.05) is 20.8 Å². The van der Waals surface area contributed by atoms with Crippen LogP contribution in [0.3, 0.4) is 0 Å². The average molecular weight is 442 g/mol. The fourth-order valence-corrected chi connectivity index (χ4v) is 4.58. The number of benzene rings is 1. The van der Waals surface area contributed by atoms with E-state index in [4.69, 9.17) is 5.73 Å². The number of primary amides is 1. The van der Waals surface area contributed by atoms with Gasteiger partial charge in [0.2, 0.25) is 0 Å². The van der Waals surface area contributed by atoms with Gasteiger partial charge in [0.25, 0.3) is 5.91 Å². The van der Waals surface area contributed by atoms with Crippen molar-refractivity contribution in [2.45, 2.75) is 45.7 Å². The predicted octanol–water partition coefficient (Wildman–Crippen LogP) is 3.73. The molecule has 3 atom stereocenters. The lowest BCUT2D eigenvalue weighted by molar-refractivity contribution is 0.0775. The molecule has 170 valence electrons. The van der Waals surface area contributed by atoms with Gasteiger partial charge in [0.05, 0.1) is 18.5 Å². The van der Waals surface area contributed by atoms with Crippen LogP contribution in [0.5, 0.6) is 0 Å². The third-order valence-electron chi connectivity index (χ3n) is 5.82. The molecule has 9 nitrogen and oxygen atoms in total. The van der Waals surface area contributed by atoms with E-state index in [-0.39, 0.29) is 35.2 Å². The molecule has 2 amide bonds. The molecule has 2 aromatic rings. The molecule has 1 aromatic carbocycles. The molecule has 32 heavy (non-hydrogen) atoms. The first-order valence-electron chi connectivity index (χ1n) is 10.3. The first-order valence-corrected chi connectivity index (χ1v) is 10.3. The van der Waals surface area contributed by atoms with Gasteiger partial charge in [-0.25, -0.2) is 9.18 Å². The highest BCUT2D eigenvalue weighted by Gasteiger charge is 2.47. The second kappa shape index (κ2) is 8.86. The van der Waals surface area contributed by atoms with Crippen molar-refractivity contribution < 1.29 is 19.1 Å². The zero-order valence-electron chi connectivity index (χ0n) is 18.2. The lowest BCUT2D eigenvalue weighted by Crippen LogP contribution is -2.47. The van der Waals surface area contributed by atoms with Crippen LogP contribution in [0.4, 0.5) is 20.7 Å². The van der Waals surface area contributed by atoms with Crippen molar-refractivity contribution in [3.05, 3.63) is 41.8 Å². The molecule has 3 unspecified atom stereocenters. The van der Waals surface area contributed by atoms with Crippen molar-refractivity contribution in [1.29, 1.82) is 5.26 Å². The standard InChI is InChI=1S/C22H27FN6O3/c1-22(2,3)18-15(9-11-28(18)21(31)32)17(8-10-24)29-12-16(19(25)30)20(27-29)26-14-6-4-13(23)5-7-14/h4-7,12,15,17-18H,8-9,11H2,1-3H3,(H2,25,30)(H,26,27)(H,31,32). The molecule has 10 heteroatoms. The van der Waals surface area contributed by atoms with Crippen LogP contribution in [-0.2, 0) is 0 Å². The molecule has 1 aromatic heterocycles. The van der Waals surface area contributed by atoms with Crippen molar-refractivity contribution in [3.63, 3.8) is 0 Å². The summed E-state index contributed by atoms with van der Waals surface area (Å²) >= 11 is 0. The average Bonchev–Trinajstić information content (AvgIpc) is 3.32. The molecule has 2 heterocycles. The minimum Gasteiger partial charge on any atom is -0.465 e. The Balaban J connectivity index is 2.01. The molecular weight excluding hydrogens is 415 g/mol. The summed E-state index contributed by atoms with van der Waals surface area (Å²) in [6.07, 6.45) is 1.13. The first kappa shape index (κ1) is 23.1. The molecule has 4 N–H and O–H groups in total. The highest BCUT2D eigenvalue weighted by atomic mass is 19.1. The van der Waals surface area contributed by atoms with Gasteiger partial charge in [-0.3, -0.25) is 9.48 Å². The predicted molar refractivity (Wildman–Crippen MR) is 116 cm³/mol. The van der Waals surface area contributed by atoms with Gasteiger partial charge in [0, 0.05) is 30.4 Å². The quantitative estimate of drug-likeness (QED) is 0.623. The van der Waals surface area contributed by atoms with Crippen LogP contribution in [-0.4, -0.2) is 44.4 Å². The Hall–Kier alpha value is -3.61. The normalized spacial score (nSPS) is 19.4. The molecule has 0 bridgehead atoms. The van der Waals surface area contributed by atoms with Crippen LogP contribution < -0.4 is 11.1 Å². The number of hydrogen-bond acceptors (Lipinski definition) is 5. The van der Waals surface area contributed by atoms with Crippen molar-refractivity contribution >= 4 is 23.5 Å². The third-order valence-corrected chi connectivity index (χ3v) is 5.82. The molecule has 1 saturated heterocycles. The van der Waals surface area contributed by atoms with Crippen LogP contribution in [0.1, 0.15) is 50.0 Å². The van der Waals surface area contributed by atoms with Crippen LogP contribution in [0.25, 0.3) is 0 Å². The van der Waals surface area contributed by atoms with E-state index in [1.54, 1.807) is 0 Å². The molecule has 1 fully saturated rings. The number of likely N-dealkylation sites (tertiary alicyclic amines) is 1. The third kappa shape index (κ3) is 4.66. The van der Waals surface area contributed by atoms with E-state index in [0.29, 0.717) is 18.7 Å². The molecule has 0 aliphatic carbocycles. The van der Waals surface area contributed by atoms with Crippen molar-refractivity contribution in [2.24, 2.45) is 17.1 Å². The number of halogens is 1. The van der Waals surface area contributed by atoms with E-state index in [0.717, 1.165) is 0 Å². The van der Waals surface area contributed by atoms with E-state index in [1.165, 1.54) is 40.0 Å². The SMILES string of the molecule is CC(C)(C)C1C(C(CC#N)n2cc(C(N)=O)c(Nc3ccc(F)cc3)n2)CCN1C(=O)O. The number of nitrogens with zero attached hydrogens (tertiary/aromatic N) is 4. The minimum atomic E-state index is -1.000. The Bertz CT molecular complexity index is 1040. The van der Waals surface area contributed by atoms with Crippen LogP contribution in [0.2, 0.25) is 0 Å². The number of carbonyl (C=O) groups is 2. The van der Waals surface area contributed by atoms with Crippen LogP contribution in [0.15, 0.2) is 30.5 Å². The largest absolute Gasteiger partial charge is 0.465 e. The monoisotopic (exact) mass is 442 g/mol. The van der Waals surface area contributed by atoms with E-state index in [2.05, 4.69) is 16.5 Å². The van der Waals surface area contributed by atoms with Crippen LogP contribution in [0, 0.1) is 28.5 Å². The number of amides is 2. The van der Waals surface area contributed by atoms with E-state index in [1.807, 2.05) is 20.8 Å². The summed E-state index contributed by atoms with van der Waals surface area (Å²) < 4.78 is 14.8. The molecule has 0 radical (unpaired) electrons. The molecule has 1 aliphatic heterocycles. The highest BCUT2D eigenvalue weighted by Crippen LogP contribution is 2.43. The molecular formula is C22H27FN6O3. The first-order chi connectivity index (χ1) is 15.0. The number of carboxylic acid groups (broad SMARTS) is 1. The maximum atomic E-state index is 13.2. The molecule has 0 spiro atoms. The number of rotatable bonds is 6. The van der Waals surface area contributed by atoms with Crippen molar-refractivity contribution in [2.75, 3.05) is 11.9 Å². The van der Waals surface area contributed by atoms with E-state index in [9.17, 15) is 24.3 Å². The molecule has 3 rings (SSSR count). The van der Waals surface area contributed by atoms with Gasteiger partial charge < -0.3 is 21.1 Å². The zero-order valence-corrected chi connectivity index (χ0v) is 18.2. The summed E-state index contributed by atoms with van der Waals surface area (Å²) in [5.41, 5.74) is 5.81. The Kier molecular flexibility index (Phi) is 6.39. The highest BCUT2D eigenvalue weighted by molar-refractivity contribution is 5.98. The second-order valence-electron chi connectivity index (χ2n) is 9.04. The van der Waals surface area contributed by atoms with Crippen molar-refractivity contribution in [1.82, 2.24) is 14.7 Å². The maximum absolute atomic E-state index is 13.2. The number of nitriles is 1. The van der Waals surface area contributed by atoms with Gasteiger partial charge in [-0.05, 0) is 36.1 Å². The smallest absolute Gasteiger partial charge is 0.407 e. The zero-order chi connectivity index (χ0) is 23.6. The summed E-state index contributed by atoms with van der Waals surface area (Å²) in [5.74, 6) is -1.11. The minimum absolute atomic E-state index is 0.0839. The maximum Gasteiger partial charge on any atom is 0.407 e. The Morgan fingerprint density at radius 3 is 2.56 bits per heavy atom. The second-order valence-corrected chi connectivity index (χ2v) is 9.04. The lowest BCUT2D eigenvalue weighted by atomic mass is 9.76. The van der Waals surface area contributed by atoms with Crippen LogP contribution >= 0.6 is 0 Å². The summed E-state index contributed by atoms with van der Waals surface area (Å²) in [4.78, 5) is 25.3. The fraction of sp³-hybridized carbons (Fsp3) is 0.455. The number of nitrogens with one attached hydrogen (secondary N) is 1. The molecule has 1 aliphatic rings. The topological polar surface area (TPSA) is 137 Å². The van der Waals surface area contributed by atoms with Gasteiger partial charge >= 0.3 is 6.09 Å². The number of hydrogen-bond donors (Lipinski definition) is 3. The fourth-order valence-electron chi connectivity index (χ4n) is 4.58. The number of nitrogens with two attached hydrogens (primary N) is 1. The van der Waals surface area contributed by atoms with Gasteiger partial charge in [-0.2, -0.15) is 10.4 Å². The lowest BCUT2D eigenvalue weighted by Gasteiger charge is -2.39. The van der Waals surface area contributed by atoms with Crippen molar-refractivity contribution in [3.8, 4) is 6.07 Å². The van der Waals surface area contributed by atoms with Gasteiger partial charge in [0.15, 0.2) is 5.82 Å². The summed E-state index contributed by atoms with van der Waals surface area (Å²) in [6, 6.07) is 6.92. The summed E-state index contributed by atoms with van der Waals surface area (Å²) in [6.45, 7) is 6.26. The molecule has 0 saturated carbocycles. The summed E-state index contributed by atoms with van der Waals surface area (Å²) in [7, 11) is 0. The number of anilines is 2. The Morgan fingerprint density at radius 1 is 1.38 bits per heavy atom. The Labute approximate surface area is 185 Å². The van der Waals surface area contributed by atoms with E-state index < -0.39 is 23.9 Å². The van der Waals surface area contributed by atoms with Gasteiger partial charge in [-0.15, -0.1) is 0 Å². The number of carbonyl (C=O) groups excluding carboxylic acids is 1. The van der Waals surface area contributed by atoms with E-state index >= 15 is 0 Å². The Morgan fingerprint density at radius 2 is 2.03 bits per heavy atom. The number of aromatic nitrogens is 2. The summed E-state index contributed by atoms with van der Waals surface area (Å²) in [5, 5.41) is 26.7. The van der Waals surface area contributed by atoms with Gasteiger partial charge in [0.1, 0.15) is 11.4 Å².